The minimum atomic E-state index is -2.41. The maximum atomic E-state index is 12.2. The van der Waals surface area contributed by atoms with Gasteiger partial charge in [-0.25, -0.2) is 38.3 Å². The van der Waals surface area contributed by atoms with Gasteiger partial charge in [0.1, 0.15) is 40.2 Å². The van der Waals surface area contributed by atoms with E-state index in [1.807, 2.05) is 13.0 Å². The molecular formula is C33H42ClN13O4S2. The van der Waals surface area contributed by atoms with E-state index in [-0.39, 0.29) is 34.6 Å². The third-order valence-corrected chi connectivity index (χ3v) is 9.09. The quantitative estimate of drug-likeness (QED) is 0.264. The van der Waals surface area contributed by atoms with Crippen molar-refractivity contribution in [3.05, 3.63) is 47.2 Å². The Morgan fingerprint density at radius 2 is 1.19 bits per heavy atom. The minimum Gasteiger partial charge on any atom is -0.384 e. The van der Waals surface area contributed by atoms with Gasteiger partial charge in [-0.05, 0) is 38.1 Å². The Kier molecular flexibility index (Phi) is 12.3. The van der Waals surface area contributed by atoms with Crippen molar-refractivity contribution in [1.82, 2.24) is 29.9 Å². The second-order valence-corrected chi connectivity index (χ2v) is 18.5. The van der Waals surface area contributed by atoms with Crippen molar-refractivity contribution < 1.29 is 17.9 Å². The van der Waals surface area contributed by atoms with Gasteiger partial charge in [0.15, 0.2) is 23.3 Å². The molecule has 4 N–H and O–H groups in total. The summed E-state index contributed by atoms with van der Waals surface area (Å²) in [6.07, 6.45) is 6.22. The average Bonchev–Trinajstić information content (AvgIpc) is 3.06. The van der Waals surface area contributed by atoms with Gasteiger partial charge in [-0.2, -0.15) is 14.0 Å². The van der Waals surface area contributed by atoms with Gasteiger partial charge < -0.3 is 30.7 Å². The van der Waals surface area contributed by atoms with E-state index in [0.29, 0.717) is 85.6 Å². The highest BCUT2D eigenvalue weighted by Crippen LogP contribution is 2.30. The number of aromatic nitrogens is 6. The number of anilines is 4. The third-order valence-electron chi connectivity index (χ3n) is 7.64. The standard InChI is InChI=1S/C17H21N7O2S.C16H21ClN6O2S/c1-11-10-26-5-4-24(11)16-8-15(23-27(2,3)25)21-17(22-16)12-6-13(9-18)20-14(19)7-12;1-10-9-25-5-4-23(10)15-8-14(22-26(2,3)24)20-16(21-15)11-6-12(17)19-13(18)7-11/h6-8,11H,4-5,10H2,1-3H3,(H2,19,20);6-8,10H,4-5,9H2,1-3H3,(H2,18,19)/t11-;10-/m11/s1. The monoisotopic (exact) mass is 783 g/mol. The van der Waals surface area contributed by atoms with Crippen LogP contribution in [0, 0.1) is 11.3 Å². The molecule has 4 aromatic rings. The Morgan fingerprint density at radius 3 is 1.60 bits per heavy atom. The van der Waals surface area contributed by atoms with Crippen molar-refractivity contribution in [2.24, 2.45) is 8.73 Å². The molecule has 0 radical (unpaired) electrons. The molecule has 0 amide bonds. The molecular weight excluding hydrogens is 742 g/mol. The molecule has 2 saturated heterocycles. The summed E-state index contributed by atoms with van der Waals surface area (Å²) < 4.78 is 43.8. The van der Waals surface area contributed by atoms with Crippen molar-refractivity contribution in [2.75, 3.05) is 85.8 Å². The zero-order valence-corrected chi connectivity index (χ0v) is 32.7. The molecule has 2 atom stereocenters. The smallest absolute Gasteiger partial charge is 0.167 e. The highest BCUT2D eigenvalue weighted by atomic mass is 35.5. The van der Waals surface area contributed by atoms with Crippen LogP contribution in [0.3, 0.4) is 0 Å². The molecule has 6 heterocycles. The second kappa shape index (κ2) is 16.5. The van der Waals surface area contributed by atoms with Gasteiger partial charge in [0, 0.05) is 80.8 Å². The predicted molar refractivity (Wildman–Crippen MR) is 208 cm³/mol. The zero-order valence-electron chi connectivity index (χ0n) is 30.3. The first kappa shape index (κ1) is 39.5. The molecule has 0 unspecified atom stereocenters. The van der Waals surface area contributed by atoms with Crippen LogP contribution in [0.1, 0.15) is 19.5 Å². The van der Waals surface area contributed by atoms with Crippen LogP contribution < -0.4 is 21.3 Å². The lowest BCUT2D eigenvalue weighted by Gasteiger charge is -2.34. The fourth-order valence-electron chi connectivity index (χ4n) is 5.46. The van der Waals surface area contributed by atoms with E-state index < -0.39 is 19.5 Å². The molecule has 0 bridgehead atoms. The van der Waals surface area contributed by atoms with Crippen LogP contribution in [-0.2, 0) is 28.9 Å². The number of nitrogen functional groups attached to an aromatic ring is 2. The Hall–Kier alpha value is -4.74. The number of nitrogens with two attached hydrogens (primary N) is 2. The van der Waals surface area contributed by atoms with Gasteiger partial charge in [-0.3, -0.25) is 0 Å². The number of hydrogen-bond acceptors (Lipinski definition) is 17. The van der Waals surface area contributed by atoms with Crippen molar-refractivity contribution in [1.29, 1.82) is 5.26 Å². The second-order valence-electron chi connectivity index (χ2n) is 13.0. The van der Waals surface area contributed by atoms with Gasteiger partial charge in [0.25, 0.3) is 0 Å². The number of rotatable bonds is 6. The van der Waals surface area contributed by atoms with E-state index in [9.17, 15) is 8.42 Å². The highest BCUT2D eigenvalue weighted by Gasteiger charge is 2.24. The lowest BCUT2D eigenvalue weighted by molar-refractivity contribution is 0.0985. The number of hydrogen-bond donors (Lipinski definition) is 2. The van der Waals surface area contributed by atoms with Crippen molar-refractivity contribution in [3.63, 3.8) is 0 Å². The van der Waals surface area contributed by atoms with E-state index in [1.165, 1.54) is 0 Å². The molecule has 282 valence electrons. The Labute approximate surface area is 314 Å². The van der Waals surface area contributed by atoms with E-state index in [1.54, 1.807) is 61.4 Å². The van der Waals surface area contributed by atoms with Crippen molar-refractivity contribution in [3.8, 4) is 28.8 Å². The molecule has 2 fully saturated rings. The topological polar surface area (TPSA) is 237 Å². The first-order valence-corrected chi connectivity index (χ1v) is 21.4. The summed E-state index contributed by atoms with van der Waals surface area (Å²) in [6, 6.07) is 12.2. The molecule has 4 aromatic heterocycles. The molecule has 6 rings (SSSR count). The summed E-state index contributed by atoms with van der Waals surface area (Å²) in [4.78, 5) is 30.3. The summed E-state index contributed by atoms with van der Waals surface area (Å²) in [6.45, 7) is 7.87. The number of morpholine rings is 2. The number of pyridine rings is 2. The summed E-state index contributed by atoms with van der Waals surface area (Å²) >= 11 is 6.01. The summed E-state index contributed by atoms with van der Waals surface area (Å²) in [5.41, 5.74) is 12.9. The molecule has 0 aliphatic carbocycles. The minimum absolute atomic E-state index is 0.124. The lowest BCUT2D eigenvalue weighted by Crippen LogP contribution is -2.44. The average molecular weight is 784 g/mol. The molecule has 0 spiro atoms. The largest absolute Gasteiger partial charge is 0.384 e. The summed E-state index contributed by atoms with van der Waals surface area (Å²) in [7, 11) is -4.78. The van der Waals surface area contributed by atoms with Crippen LogP contribution in [0.4, 0.5) is 34.9 Å². The molecule has 0 aromatic carbocycles. The maximum absolute atomic E-state index is 12.2. The fourth-order valence-corrected chi connectivity index (χ4v) is 6.76. The molecule has 53 heavy (non-hydrogen) atoms. The molecule has 0 saturated carbocycles. The number of halogens is 1. The van der Waals surface area contributed by atoms with Gasteiger partial charge >= 0.3 is 0 Å². The van der Waals surface area contributed by atoms with Gasteiger partial charge in [0.05, 0.1) is 38.5 Å². The first-order valence-electron chi connectivity index (χ1n) is 16.4. The SMILES string of the molecule is C[C@@H]1COCCN1c1cc(N=S(C)(C)=O)nc(-c2cc(N)nc(C#N)c2)n1.C[C@@H]1COCCN1c1cc(N=S(C)(C)=O)nc(-c2cc(N)nc(Cl)c2)n1. The van der Waals surface area contributed by atoms with Gasteiger partial charge in [-0.1, -0.05) is 11.6 Å². The molecule has 2 aliphatic heterocycles. The van der Waals surface area contributed by atoms with E-state index in [0.717, 1.165) is 0 Å². The number of nitriles is 1. The maximum Gasteiger partial charge on any atom is 0.167 e. The fraction of sp³-hybridized carbons (Fsp3) is 0.424. The predicted octanol–water partition coefficient (Wildman–Crippen LogP) is 3.94. The molecule has 2 aliphatic rings. The van der Waals surface area contributed by atoms with E-state index in [2.05, 4.69) is 55.4 Å². The third kappa shape index (κ3) is 11.1. The van der Waals surface area contributed by atoms with Gasteiger partial charge in [0.2, 0.25) is 0 Å². The summed E-state index contributed by atoms with van der Waals surface area (Å²) in [5, 5.41) is 9.40. The molecule has 20 heteroatoms. The van der Waals surface area contributed by atoms with Crippen LogP contribution in [0.5, 0.6) is 0 Å². The number of nitrogens with zero attached hydrogens (tertiary/aromatic N) is 11. The first-order chi connectivity index (χ1) is 25.0. The molecule has 17 nitrogen and oxygen atoms in total. The lowest BCUT2D eigenvalue weighted by atomic mass is 10.2. The van der Waals surface area contributed by atoms with E-state index in [4.69, 9.17) is 37.8 Å². The van der Waals surface area contributed by atoms with Crippen LogP contribution in [-0.4, -0.2) is 115 Å². The normalized spacial score (nSPS) is 17.7. The zero-order chi connectivity index (χ0) is 38.5. The van der Waals surface area contributed by atoms with Crippen molar-refractivity contribution in [2.45, 2.75) is 25.9 Å². The Morgan fingerprint density at radius 1 is 0.736 bits per heavy atom. The van der Waals surface area contributed by atoms with Crippen molar-refractivity contribution >= 4 is 66.0 Å². The highest BCUT2D eigenvalue weighted by molar-refractivity contribution is 7.92. The van der Waals surface area contributed by atoms with E-state index >= 15 is 0 Å². The van der Waals surface area contributed by atoms with Crippen LogP contribution in [0.25, 0.3) is 22.8 Å². The number of ether oxygens (including phenoxy) is 2. The Bertz CT molecular complexity index is 2250. The van der Waals surface area contributed by atoms with Gasteiger partial charge in [-0.15, -0.1) is 0 Å². The summed E-state index contributed by atoms with van der Waals surface area (Å²) in [5.74, 6) is 3.24. The Balaban J connectivity index is 0.000000204. The van der Waals surface area contributed by atoms with Crippen LogP contribution in [0.2, 0.25) is 5.15 Å². The van der Waals surface area contributed by atoms with Crippen LogP contribution >= 0.6 is 11.6 Å². The van der Waals surface area contributed by atoms with Crippen LogP contribution in [0.15, 0.2) is 45.1 Å².